The Hall–Kier alpha value is -1.24. The van der Waals surface area contributed by atoms with E-state index < -0.39 is 0 Å². The highest BCUT2D eigenvalue weighted by atomic mass is 16.3. The van der Waals surface area contributed by atoms with E-state index in [1.807, 2.05) is 6.08 Å². The lowest BCUT2D eigenvalue weighted by atomic mass is 9.90. The average molecular weight is 331 g/mol. The molecule has 0 atom stereocenters. The van der Waals surface area contributed by atoms with Crippen LogP contribution in [0.4, 0.5) is 0 Å². The maximum absolute atomic E-state index is 10.5. The minimum Gasteiger partial charge on any atom is -0.507 e. The van der Waals surface area contributed by atoms with Crippen molar-refractivity contribution < 1.29 is 5.11 Å². The van der Waals surface area contributed by atoms with E-state index >= 15 is 0 Å². The second-order valence-electron chi connectivity index (χ2n) is 7.73. The predicted molar refractivity (Wildman–Crippen MR) is 107 cm³/mol. The largest absolute Gasteiger partial charge is 0.507 e. The summed E-state index contributed by atoms with van der Waals surface area (Å²) >= 11 is 0. The lowest BCUT2D eigenvalue weighted by Gasteiger charge is -2.17. The lowest BCUT2D eigenvalue weighted by molar-refractivity contribution is 0.454. The number of phenolic OH excluding ortho intramolecular Hbond substituents is 1. The van der Waals surface area contributed by atoms with Crippen LogP contribution in [0.15, 0.2) is 24.8 Å². The molecule has 1 N–H and O–H groups in total. The normalized spacial score (nSPS) is 11.4. The van der Waals surface area contributed by atoms with Crippen molar-refractivity contribution in [1.82, 2.24) is 0 Å². The smallest absolute Gasteiger partial charge is 0.122 e. The van der Waals surface area contributed by atoms with Crippen molar-refractivity contribution in [2.45, 2.75) is 97.3 Å². The first kappa shape index (κ1) is 20.8. The molecule has 1 rings (SSSR count). The Balaban J connectivity index is 2.43. The summed E-state index contributed by atoms with van der Waals surface area (Å²) in [6.07, 6.45) is 13.6. The molecule has 0 heterocycles. The third kappa shape index (κ3) is 7.11. The van der Waals surface area contributed by atoms with Gasteiger partial charge in [0.2, 0.25) is 0 Å². The second-order valence-corrected chi connectivity index (χ2v) is 7.73. The van der Waals surface area contributed by atoms with Gasteiger partial charge in [-0.25, -0.2) is 0 Å². The summed E-state index contributed by atoms with van der Waals surface area (Å²) in [7, 11) is 0. The first-order valence-corrected chi connectivity index (χ1v) is 9.94. The lowest BCUT2D eigenvalue weighted by Crippen LogP contribution is -1.99. The first-order valence-electron chi connectivity index (χ1n) is 9.94. The predicted octanol–water partition coefficient (Wildman–Crippen LogP) is 7.49. The summed E-state index contributed by atoms with van der Waals surface area (Å²) < 4.78 is 0. The molecule has 1 nitrogen and oxygen atoms in total. The van der Waals surface area contributed by atoms with Gasteiger partial charge in [-0.3, -0.25) is 0 Å². The molecule has 0 saturated carbocycles. The summed E-state index contributed by atoms with van der Waals surface area (Å²) in [6, 6.07) is 4.45. The van der Waals surface area contributed by atoms with E-state index in [9.17, 15) is 5.11 Å². The fourth-order valence-corrected chi connectivity index (χ4v) is 3.27. The molecule has 0 spiro atoms. The van der Waals surface area contributed by atoms with Crippen LogP contribution >= 0.6 is 0 Å². The number of benzene rings is 1. The Morgan fingerprint density at radius 3 is 1.75 bits per heavy atom. The SMILES string of the molecule is C=CCCCCCCCCCc1cc(C(C)C)c(O)c(C(C)C)c1. The van der Waals surface area contributed by atoms with Crippen LogP contribution < -0.4 is 0 Å². The summed E-state index contributed by atoms with van der Waals surface area (Å²) in [4.78, 5) is 0. The van der Waals surface area contributed by atoms with Gasteiger partial charge in [0.05, 0.1) is 0 Å². The topological polar surface area (TPSA) is 20.2 Å². The van der Waals surface area contributed by atoms with Crippen molar-refractivity contribution in [2.24, 2.45) is 0 Å². The van der Waals surface area contributed by atoms with E-state index in [-0.39, 0.29) is 0 Å². The molecule has 0 bridgehead atoms. The summed E-state index contributed by atoms with van der Waals surface area (Å²) in [5.41, 5.74) is 3.61. The van der Waals surface area contributed by atoms with Crippen molar-refractivity contribution in [1.29, 1.82) is 0 Å². The monoisotopic (exact) mass is 330 g/mol. The van der Waals surface area contributed by atoms with E-state index in [0.29, 0.717) is 17.6 Å². The second kappa shape index (κ2) is 11.3. The highest BCUT2D eigenvalue weighted by molar-refractivity contribution is 5.46. The fraction of sp³-hybridized carbons (Fsp3) is 0.652. The number of rotatable bonds is 12. The molecule has 1 heteroatoms. The van der Waals surface area contributed by atoms with Crippen molar-refractivity contribution >= 4 is 0 Å². The molecular weight excluding hydrogens is 292 g/mol. The quantitative estimate of drug-likeness (QED) is 0.311. The number of hydrogen-bond acceptors (Lipinski definition) is 1. The Bertz CT molecular complexity index is 456. The van der Waals surface area contributed by atoms with Crippen LogP contribution in [0.3, 0.4) is 0 Å². The van der Waals surface area contributed by atoms with Crippen molar-refractivity contribution in [3.63, 3.8) is 0 Å². The fourth-order valence-electron chi connectivity index (χ4n) is 3.27. The van der Waals surface area contributed by atoms with Gasteiger partial charge in [-0.05, 0) is 54.2 Å². The number of hydrogen-bond donors (Lipinski definition) is 1. The van der Waals surface area contributed by atoms with Crippen molar-refractivity contribution in [3.8, 4) is 5.75 Å². The van der Waals surface area contributed by atoms with E-state index in [4.69, 9.17) is 0 Å². The molecule has 1 aromatic rings. The molecule has 1 aromatic carbocycles. The van der Waals surface area contributed by atoms with Crippen LogP contribution in [0, 0.1) is 0 Å². The van der Waals surface area contributed by atoms with E-state index in [1.54, 1.807) is 0 Å². The number of phenols is 1. The highest BCUT2D eigenvalue weighted by Gasteiger charge is 2.14. The zero-order valence-corrected chi connectivity index (χ0v) is 16.4. The van der Waals surface area contributed by atoms with E-state index in [0.717, 1.165) is 24.0 Å². The van der Waals surface area contributed by atoms with Crippen molar-refractivity contribution in [3.05, 3.63) is 41.5 Å². The molecule has 0 fully saturated rings. The molecule has 0 amide bonds. The Labute approximate surface area is 150 Å². The average Bonchev–Trinajstić information content (AvgIpc) is 2.53. The zero-order valence-electron chi connectivity index (χ0n) is 16.4. The van der Waals surface area contributed by atoms with E-state index in [2.05, 4.69) is 46.4 Å². The molecular formula is C23H38O. The van der Waals surface area contributed by atoms with Crippen molar-refractivity contribution in [2.75, 3.05) is 0 Å². The molecule has 0 aliphatic heterocycles. The first-order chi connectivity index (χ1) is 11.5. The summed E-state index contributed by atoms with van der Waals surface area (Å²) in [6.45, 7) is 12.4. The molecule has 0 unspecified atom stereocenters. The van der Waals surface area contributed by atoms with Crippen LogP contribution in [0.2, 0.25) is 0 Å². The minimum atomic E-state index is 0.373. The summed E-state index contributed by atoms with van der Waals surface area (Å²) in [5.74, 6) is 1.26. The Morgan fingerprint density at radius 1 is 0.833 bits per heavy atom. The maximum Gasteiger partial charge on any atom is 0.122 e. The van der Waals surface area contributed by atoms with E-state index in [1.165, 1.54) is 50.5 Å². The molecule has 0 radical (unpaired) electrons. The summed E-state index contributed by atoms with van der Waals surface area (Å²) in [5, 5.41) is 10.5. The van der Waals surface area contributed by atoms with Crippen LogP contribution in [0.5, 0.6) is 5.75 Å². The highest BCUT2D eigenvalue weighted by Crippen LogP contribution is 2.35. The molecule has 0 aliphatic carbocycles. The van der Waals surface area contributed by atoms with Gasteiger partial charge < -0.3 is 5.11 Å². The van der Waals surface area contributed by atoms with Crippen LogP contribution in [0.25, 0.3) is 0 Å². The van der Waals surface area contributed by atoms with Gasteiger partial charge in [0.15, 0.2) is 0 Å². The van der Waals surface area contributed by atoms with Gasteiger partial charge >= 0.3 is 0 Å². The van der Waals surface area contributed by atoms with Gasteiger partial charge in [0, 0.05) is 0 Å². The molecule has 0 aromatic heterocycles. The van der Waals surface area contributed by atoms with Crippen LogP contribution in [-0.4, -0.2) is 5.11 Å². The molecule has 24 heavy (non-hydrogen) atoms. The third-order valence-electron chi connectivity index (χ3n) is 4.85. The van der Waals surface area contributed by atoms with Gasteiger partial charge in [0.1, 0.15) is 5.75 Å². The Morgan fingerprint density at radius 2 is 1.29 bits per heavy atom. The van der Waals surface area contributed by atoms with Gasteiger partial charge in [0.25, 0.3) is 0 Å². The zero-order chi connectivity index (χ0) is 17.9. The number of unbranched alkanes of at least 4 members (excludes halogenated alkanes) is 7. The third-order valence-corrected chi connectivity index (χ3v) is 4.85. The van der Waals surface area contributed by atoms with Gasteiger partial charge in [-0.2, -0.15) is 0 Å². The molecule has 136 valence electrons. The maximum atomic E-state index is 10.5. The standard InChI is InChI=1S/C23H38O/c1-6-7-8-9-10-11-12-13-14-15-20-16-21(18(2)3)23(24)22(17-20)19(4)5/h6,16-19,24H,1,7-15H2,2-5H3. The molecule has 0 aliphatic rings. The number of allylic oxidation sites excluding steroid dienone is 1. The number of aryl methyl sites for hydroxylation is 1. The van der Waals surface area contributed by atoms with Crippen LogP contribution in [0.1, 0.15) is 108 Å². The minimum absolute atomic E-state index is 0.373. The Kier molecular flexibility index (Phi) is 9.83. The number of aromatic hydroxyl groups is 1. The van der Waals surface area contributed by atoms with Gasteiger partial charge in [-0.15, -0.1) is 6.58 Å². The molecule has 0 saturated heterocycles. The van der Waals surface area contributed by atoms with Gasteiger partial charge in [-0.1, -0.05) is 78.0 Å². The van der Waals surface area contributed by atoms with Crippen LogP contribution in [-0.2, 0) is 6.42 Å².